The van der Waals surface area contributed by atoms with Crippen LogP contribution in [0.4, 0.5) is 10.1 Å². The number of carbonyl (C=O) groups is 1. The summed E-state index contributed by atoms with van der Waals surface area (Å²) in [6.07, 6.45) is 4.21. The van der Waals surface area contributed by atoms with Gasteiger partial charge in [-0.3, -0.25) is 4.79 Å². The van der Waals surface area contributed by atoms with Gasteiger partial charge < -0.3 is 5.32 Å². The number of rotatable bonds is 4. The van der Waals surface area contributed by atoms with Crippen LogP contribution in [-0.2, 0) is 20.0 Å². The van der Waals surface area contributed by atoms with Crippen LogP contribution in [0.15, 0.2) is 53.4 Å². The highest BCUT2D eigenvalue weighted by atomic mass is 32.2. The van der Waals surface area contributed by atoms with Crippen molar-refractivity contribution in [3.05, 3.63) is 59.9 Å². The molecule has 1 amide bonds. The molecule has 132 valence electrons. The van der Waals surface area contributed by atoms with Gasteiger partial charge in [0.25, 0.3) is 0 Å². The molecule has 1 saturated carbocycles. The second kappa shape index (κ2) is 6.59. The summed E-state index contributed by atoms with van der Waals surface area (Å²) in [4.78, 5) is 13.2. The zero-order valence-corrected chi connectivity index (χ0v) is 14.8. The zero-order valence-electron chi connectivity index (χ0n) is 14.0. The summed E-state index contributed by atoms with van der Waals surface area (Å²) in [5, 5.41) is 2.83. The van der Waals surface area contributed by atoms with Gasteiger partial charge in [0.05, 0.1) is 10.3 Å². The van der Waals surface area contributed by atoms with Gasteiger partial charge in [-0.25, -0.2) is 12.8 Å². The molecule has 1 N–H and O–H groups in total. The molecule has 6 heteroatoms. The van der Waals surface area contributed by atoms with Crippen molar-refractivity contribution >= 4 is 21.4 Å². The molecule has 0 spiro atoms. The number of nitrogens with one attached hydrogen (secondary N) is 1. The molecule has 1 aliphatic rings. The third-order valence-corrected chi connectivity index (χ3v) is 5.90. The Hall–Kier alpha value is -2.21. The fourth-order valence-electron chi connectivity index (χ4n) is 3.47. The van der Waals surface area contributed by atoms with Gasteiger partial charge >= 0.3 is 0 Å². The van der Waals surface area contributed by atoms with E-state index in [0.29, 0.717) is 24.1 Å². The quantitative estimate of drug-likeness (QED) is 0.903. The van der Waals surface area contributed by atoms with Crippen LogP contribution >= 0.6 is 0 Å². The normalized spacial score (nSPS) is 16.6. The molecule has 0 atom stereocenters. The van der Waals surface area contributed by atoms with Crippen molar-refractivity contribution in [3.8, 4) is 0 Å². The lowest BCUT2D eigenvalue weighted by molar-refractivity contribution is -0.121. The van der Waals surface area contributed by atoms with Gasteiger partial charge in [-0.05, 0) is 48.7 Å². The molecule has 0 aromatic heterocycles. The number of halogens is 1. The number of amides is 1. The van der Waals surface area contributed by atoms with E-state index in [1.165, 1.54) is 24.3 Å². The van der Waals surface area contributed by atoms with Gasteiger partial charge in [0.15, 0.2) is 9.84 Å². The number of sulfone groups is 1. The lowest BCUT2D eigenvalue weighted by atomic mass is 9.78. The van der Waals surface area contributed by atoms with E-state index >= 15 is 0 Å². The van der Waals surface area contributed by atoms with Crippen LogP contribution in [0.5, 0.6) is 0 Å². The summed E-state index contributed by atoms with van der Waals surface area (Å²) in [6.45, 7) is 0. The summed E-state index contributed by atoms with van der Waals surface area (Å²) < 4.78 is 37.1. The Morgan fingerprint density at radius 3 is 2.40 bits per heavy atom. The van der Waals surface area contributed by atoms with Crippen molar-refractivity contribution in [2.75, 3.05) is 11.6 Å². The van der Waals surface area contributed by atoms with E-state index in [4.69, 9.17) is 0 Å². The molecule has 0 radical (unpaired) electrons. The third kappa shape index (κ3) is 3.58. The van der Waals surface area contributed by atoms with Gasteiger partial charge in [0.2, 0.25) is 5.91 Å². The van der Waals surface area contributed by atoms with Crippen LogP contribution in [0.2, 0.25) is 0 Å². The Morgan fingerprint density at radius 2 is 1.76 bits per heavy atom. The maximum Gasteiger partial charge on any atom is 0.235 e. The minimum atomic E-state index is -3.35. The molecule has 0 saturated heterocycles. The van der Waals surface area contributed by atoms with E-state index in [9.17, 15) is 17.6 Å². The first kappa shape index (κ1) is 17.6. The number of hydrogen-bond acceptors (Lipinski definition) is 3. The topological polar surface area (TPSA) is 63.2 Å². The number of carbonyl (C=O) groups excluding carboxylic acids is 1. The van der Waals surface area contributed by atoms with Crippen molar-refractivity contribution < 1.29 is 17.6 Å². The Labute approximate surface area is 147 Å². The van der Waals surface area contributed by atoms with Gasteiger partial charge in [-0.2, -0.15) is 0 Å². The first-order valence-corrected chi connectivity index (χ1v) is 10.1. The van der Waals surface area contributed by atoms with Gasteiger partial charge in [-0.1, -0.05) is 31.0 Å². The van der Waals surface area contributed by atoms with Crippen LogP contribution in [0.1, 0.15) is 31.2 Å². The fourth-order valence-corrected chi connectivity index (χ4v) is 4.13. The maximum atomic E-state index is 13.7. The van der Waals surface area contributed by atoms with E-state index in [0.717, 1.165) is 19.1 Å². The molecular weight excluding hydrogens is 341 g/mol. The fraction of sp³-hybridized carbons (Fsp3) is 0.316. The van der Waals surface area contributed by atoms with E-state index in [1.54, 1.807) is 24.3 Å². The largest absolute Gasteiger partial charge is 0.325 e. The molecule has 25 heavy (non-hydrogen) atoms. The average molecular weight is 361 g/mol. The Balaban J connectivity index is 1.93. The van der Waals surface area contributed by atoms with Crippen molar-refractivity contribution in [2.45, 2.75) is 36.0 Å². The molecule has 0 bridgehead atoms. The lowest BCUT2D eigenvalue weighted by Gasteiger charge is -2.28. The summed E-state index contributed by atoms with van der Waals surface area (Å²) in [7, 11) is -3.35. The molecule has 2 aromatic carbocycles. The predicted molar refractivity (Wildman–Crippen MR) is 94.7 cm³/mol. The molecule has 0 unspecified atom stereocenters. The number of benzene rings is 2. The van der Waals surface area contributed by atoms with Crippen molar-refractivity contribution in [1.82, 2.24) is 0 Å². The van der Waals surface area contributed by atoms with Crippen LogP contribution in [-0.4, -0.2) is 20.6 Å². The van der Waals surface area contributed by atoms with E-state index in [1.807, 2.05) is 0 Å². The van der Waals surface area contributed by atoms with Gasteiger partial charge in [0, 0.05) is 11.9 Å². The van der Waals surface area contributed by atoms with Gasteiger partial charge in [-0.15, -0.1) is 0 Å². The zero-order chi connectivity index (χ0) is 18.1. The molecule has 0 heterocycles. The van der Waals surface area contributed by atoms with Crippen molar-refractivity contribution in [2.24, 2.45) is 0 Å². The maximum absolute atomic E-state index is 13.7. The van der Waals surface area contributed by atoms with Crippen molar-refractivity contribution in [1.29, 1.82) is 0 Å². The van der Waals surface area contributed by atoms with E-state index < -0.39 is 15.3 Å². The second-order valence-electron chi connectivity index (χ2n) is 6.55. The summed E-state index contributed by atoms with van der Waals surface area (Å²) in [5.41, 5.74) is 0.320. The van der Waals surface area contributed by atoms with E-state index in [-0.39, 0.29) is 16.6 Å². The third-order valence-electron chi connectivity index (χ3n) is 4.79. The summed E-state index contributed by atoms with van der Waals surface area (Å²) >= 11 is 0. The number of anilines is 1. The Kier molecular flexibility index (Phi) is 4.64. The van der Waals surface area contributed by atoms with E-state index in [2.05, 4.69) is 5.32 Å². The highest BCUT2D eigenvalue weighted by molar-refractivity contribution is 7.90. The van der Waals surface area contributed by atoms with Gasteiger partial charge in [0.1, 0.15) is 5.82 Å². The molecule has 3 rings (SSSR count). The molecule has 4 nitrogen and oxygen atoms in total. The first-order chi connectivity index (χ1) is 11.8. The SMILES string of the molecule is CS(=O)(=O)c1cccc(NC(=O)C2(c3cccc(F)c3)CCCC2)c1. The van der Waals surface area contributed by atoms with Crippen LogP contribution in [0, 0.1) is 5.82 Å². The highest BCUT2D eigenvalue weighted by Gasteiger charge is 2.42. The van der Waals surface area contributed by atoms with Crippen LogP contribution in [0.25, 0.3) is 0 Å². The molecule has 2 aromatic rings. The first-order valence-electron chi connectivity index (χ1n) is 8.19. The summed E-state index contributed by atoms with van der Waals surface area (Å²) in [6, 6.07) is 12.3. The molecule has 1 fully saturated rings. The molecule has 0 aliphatic heterocycles. The monoisotopic (exact) mass is 361 g/mol. The predicted octanol–water partition coefficient (Wildman–Crippen LogP) is 3.68. The van der Waals surface area contributed by atoms with Crippen LogP contribution < -0.4 is 5.32 Å². The average Bonchev–Trinajstić information content (AvgIpc) is 3.05. The second-order valence-corrected chi connectivity index (χ2v) is 8.57. The van der Waals surface area contributed by atoms with Crippen LogP contribution in [0.3, 0.4) is 0 Å². The lowest BCUT2D eigenvalue weighted by Crippen LogP contribution is -2.38. The standard InChI is InChI=1S/C19H20FNO3S/c1-25(23,24)17-9-5-8-16(13-17)21-18(22)19(10-2-3-11-19)14-6-4-7-15(20)12-14/h4-9,12-13H,2-3,10-11H2,1H3,(H,21,22). The molecular formula is C19H20FNO3S. The minimum Gasteiger partial charge on any atom is -0.325 e. The van der Waals surface area contributed by atoms with Crippen molar-refractivity contribution in [3.63, 3.8) is 0 Å². The number of hydrogen-bond donors (Lipinski definition) is 1. The Morgan fingerprint density at radius 1 is 1.08 bits per heavy atom. The smallest absolute Gasteiger partial charge is 0.235 e. The summed E-state index contributed by atoms with van der Waals surface area (Å²) in [5.74, 6) is -0.586. The minimum absolute atomic E-state index is 0.150. The Bertz CT molecular complexity index is 902. The highest BCUT2D eigenvalue weighted by Crippen LogP contribution is 2.42. The molecule has 1 aliphatic carbocycles.